The van der Waals surface area contributed by atoms with Crippen molar-refractivity contribution in [1.29, 1.82) is 0 Å². The summed E-state index contributed by atoms with van der Waals surface area (Å²) < 4.78 is 9.65. The molecule has 3 fully saturated rings. The van der Waals surface area contributed by atoms with Crippen LogP contribution in [0.1, 0.15) is 44.2 Å². The third-order valence-corrected chi connectivity index (χ3v) is 11.1. The maximum absolute atomic E-state index is 14.9. The SMILES string of the molecule is C=CCCCOC(=O)[C@H]1[C@H]2C(=O)N([C@H](CO)c3ccccc3)C(C(=O)N(CC=C)c3ccc(OC)cc3)C23CC[C@]1(C)S3. The van der Waals surface area contributed by atoms with E-state index in [9.17, 15) is 19.5 Å². The summed E-state index contributed by atoms with van der Waals surface area (Å²) in [6.07, 6.45) is 6.08. The number of hydrogen-bond acceptors (Lipinski definition) is 7. The summed E-state index contributed by atoms with van der Waals surface area (Å²) in [5, 5.41) is 10.7. The van der Waals surface area contributed by atoms with Gasteiger partial charge in [-0.05, 0) is 62.4 Å². The summed E-state index contributed by atoms with van der Waals surface area (Å²) in [5.74, 6) is -1.76. The fraction of sp³-hybridized carbons (Fsp3) is 0.441. The first-order valence-corrected chi connectivity index (χ1v) is 15.6. The standard InChI is InChI=1S/C34H40N2O6S/c1-5-7-11-21-42-32(40)28-27-30(38)36(26(22-37)23-12-9-8-10-13-23)29(34(27)19-18-33(28,3)43-34)31(39)35(20-6-2)24-14-16-25(41-4)17-15-24/h5-6,8-10,12-17,26-29,37H,1-2,7,11,18-22H2,3-4H3/t26-,27+,28-,29?,33+,34?/m1/s1. The number of amides is 2. The number of esters is 1. The highest BCUT2D eigenvalue weighted by molar-refractivity contribution is 8.02. The first-order chi connectivity index (χ1) is 20.8. The number of aliphatic hydroxyl groups excluding tert-OH is 1. The van der Waals surface area contributed by atoms with E-state index in [4.69, 9.17) is 9.47 Å². The topological polar surface area (TPSA) is 96.4 Å². The largest absolute Gasteiger partial charge is 0.497 e. The third kappa shape index (κ3) is 5.27. The van der Waals surface area contributed by atoms with Crippen LogP contribution in [0, 0.1) is 11.8 Å². The number of methoxy groups -OCH3 is 1. The van der Waals surface area contributed by atoms with Crippen molar-refractivity contribution in [3.05, 3.63) is 85.5 Å². The van der Waals surface area contributed by atoms with Crippen LogP contribution in [0.2, 0.25) is 0 Å². The minimum Gasteiger partial charge on any atom is -0.497 e. The van der Waals surface area contributed by atoms with Crippen LogP contribution in [0.5, 0.6) is 5.75 Å². The minimum absolute atomic E-state index is 0.219. The zero-order chi connectivity index (χ0) is 30.8. The number of anilines is 1. The molecule has 2 bridgehead atoms. The number of likely N-dealkylation sites (tertiary alicyclic amines) is 1. The number of aliphatic hydroxyl groups is 1. The predicted octanol–water partition coefficient (Wildman–Crippen LogP) is 4.94. The van der Waals surface area contributed by atoms with Gasteiger partial charge in [0.15, 0.2) is 0 Å². The van der Waals surface area contributed by atoms with E-state index in [0.29, 0.717) is 30.7 Å². The Bertz CT molecular complexity index is 1370. The van der Waals surface area contributed by atoms with Crippen molar-refractivity contribution in [2.24, 2.45) is 11.8 Å². The van der Waals surface area contributed by atoms with Crippen molar-refractivity contribution < 1.29 is 29.0 Å². The molecule has 3 saturated heterocycles. The number of carbonyl (C=O) groups is 3. The first-order valence-electron chi connectivity index (χ1n) is 14.8. The zero-order valence-electron chi connectivity index (χ0n) is 24.8. The third-order valence-electron chi connectivity index (χ3n) is 9.15. The molecule has 3 heterocycles. The highest BCUT2D eigenvalue weighted by Crippen LogP contribution is 2.72. The van der Waals surface area contributed by atoms with Crippen LogP contribution >= 0.6 is 11.8 Å². The van der Waals surface area contributed by atoms with Gasteiger partial charge < -0.3 is 24.4 Å². The van der Waals surface area contributed by atoms with Crippen LogP contribution in [-0.4, -0.2) is 70.2 Å². The Morgan fingerprint density at radius 3 is 2.49 bits per heavy atom. The fourth-order valence-corrected chi connectivity index (χ4v) is 9.54. The van der Waals surface area contributed by atoms with Crippen LogP contribution in [0.25, 0.3) is 0 Å². The van der Waals surface area contributed by atoms with Gasteiger partial charge in [0.05, 0.1) is 42.9 Å². The normalized spacial score (nSPS) is 27.8. The second-order valence-corrected chi connectivity index (χ2v) is 13.5. The average Bonchev–Trinajstić information content (AvgIpc) is 3.59. The van der Waals surface area contributed by atoms with Crippen molar-refractivity contribution in [3.63, 3.8) is 0 Å². The van der Waals surface area contributed by atoms with Gasteiger partial charge in [-0.1, -0.05) is 42.5 Å². The van der Waals surface area contributed by atoms with Gasteiger partial charge in [0.1, 0.15) is 11.8 Å². The molecule has 2 unspecified atom stereocenters. The molecular weight excluding hydrogens is 564 g/mol. The molecule has 0 aliphatic carbocycles. The molecule has 9 heteroatoms. The summed E-state index contributed by atoms with van der Waals surface area (Å²) in [7, 11) is 1.58. The van der Waals surface area contributed by atoms with Crippen LogP contribution in [0.15, 0.2) is 79.9 Å². The van der Waals surface area contributed by atoms with E-state index in [-0.39, 0.29) is 31.6 Å². The molecular formula is C34H40N2O6S. The second-order valence-electron chi connectivity index (χ2n) is 11.6. The lowest BCUT2D eigenvalue weighted by Crippen LogP contribution is -2.56. The van der Waals surface area contributed by atoms with Crippen molar-refractivity contribution in [1.82, 2.24) is 4.90 Å². The van der Waals surface area contributed by atoms with Crippen LogP contribution in [0.4, 0.5) is 5.69 Å². The molecule has 43 heavy (non-hydrogen) atoms. The maximum atomic E-state index is 14.9. The molecule has 0 radical (unpaired) electrons. The molecule has 5 rings (SSSR count). The van der Waals surface area contributed by atoms with E-state index in [2.05, 4.69) is 13.2 Å². The van der Waals surface area contributed by atoms with Crippen molar-refractivity contribution in [3.8, 4) is 5.75 Å². The number of hydrogen-bond donors (Lipinski definition) is 1. The number of fused-ring (bicyclic) bond motifs is 1. The van der Waals surface area contributed by atoms with Crippen LogP contribution in [0.3, 0.4) is 0 Å². The molecule has 2 aromatic rings. The Hall–Kier alpha value is -3.56. The van der Waals surface area contributed by atoms with Gasteiger partial charge in [0.2, 0.25) is 5.91 Å². The lowest BCUT2D eigenvalue weighted by molar-refractivity contribution is -0.156. The molecule has 3 aliphatic heterocycles. The molecule has 2 aromatic carbocycles. The van der Waals surface area contributed by atoms with Gasteiger partial charge in [0, 0.05) is 17.0 Å². The Morgan fingerprint density at radius 2 is 1.86 bits per heavy atom. The Labute approximate surface area is 257 Å². The van der Waals surface area contributed by atoms with Gasteiger partial charge in [-0.3, -0.25) is 14.4 Å². The van der Waals surface area contributed by atoms with E-state index >= 15 is 0 Å². The van der Waals surface area contributed by atoms with Crippen LogP contribution in [-0.2, 0) is 19.1 Å². The lowest BCUT2D eigenvalue weighted by atomic mass is 9.66. The molecule has 6 atom stereocenters. The lowest BCUT2D eigenvalue weighted by Gasteiger charge is -2.39. The number of benzene rings is 2. The zero-order valence-corrected chi connectivity index (χ0v) is 25.6. The van der Waals surface area contributed by atoms with Gasteiger partial charge in [-0.2, -0.15) is 0 Å². The number of thioether (sulfide) groups is 1. The summed E-state index contributed by atoms with van der Waals surface area (Å²) in [6.45, 7) is 9.73. The quantitative estimate of drug-likeness (QED) is 0.197. The second kappa shape index (κ2) is 12.6. The van der Waals surface area contributed by atoms with E-state index in [1.807, 2.05) is 37.3 Å². The number of carbonyl (C=O) groups excluding carboxylic acids is 3. The maximum Gasteiger partial charge on any atom is 0.311 e. The van der Waals surface area contributed by atoms with E-state index in [1.54, 1.807) is 65.1 Å². The highest BCUT2D eigenvalue weighted by Gasteiger charge is 2.78. The molecule has 0 saturated carbocycles. The monoisotopic (exact) mass is 604 g/mol. The van der Waals surface area contributed by atoms with Gasteiger partial charge >= 0.3 is 5.97 Å². The smallest absolute Gasteiger partial charge is 0.311 e. The van der Waals surface area contributed by atoms with E-state index in [1.165, 1.54) is 0 Å². The van der Waals surface area contributed by atoms with Gasteiger partial charge in [-0.25, -0.2) is 0 Å². The summed E-state index contributed by atoms with van der Waals surface area (Å²) in [4.78, 5) is 46.4. The Balaban J connectivity index is 1.60. The number of ether oxygens (including phenoxy) is 2. The summed E-state index contributed by atoms with van der Waals surface area (Å²) >= 11 is 1.58. The number of unbranched alkanes of at least 4 members (excludes halogenated alkanes) is 1. The molecule has 1 N–H and O–H groups in total. The van der Waals surface area contributed by atoms with E-state index in [0.717, 1.165) is 12.0 Å². The predicted molar refractivity (Wildman–Crippen MR) is 168 cm³/mol. The molecule has 3 aliphatic rings. The average molecular weight is 605 g/mol. The van der Waals surface area contributed by atoms with Crippen LogP contribution < -0.4 is 9.64 Å². The van der Waals surface area contributed by atoms with Gasteiger partial charge in [0.25, 0.3) is 5.91 Å². The first kappa shape index (κ1) is 30.9. The molecule has 1 spiro atoms. The summed E-state index contributed by atoms with van der Waals surface area (Å²) in [5.41, 5.74) is 1.36. The van der Waals surface area contributed by atoms with Gasteiger partial charge in [-0.15, -0.1) is 24.9 Å². The molecule has 2 amide bonds. The van der Waals surface area contributed by atoms with E-state index < -0.39 is 39.4 Å². The van der Waals surface area contributed by atoms with Crippen molar-refractivity contribution in [2.45, 2.75) is 54.2 Å². The number of nitrogens with zero attached hydrogens (tertiary/aromatic N) is 2. The Kier molecular flexibility index (Phi) is 9.04. The highest BCUT2D eigenvalue weighted by atomic mass is 32.2. The Morgan fingerprint density at radius 1 is 1.14 bits per heavy atom. The molecule has 0 aromatic heterocycles. The molecule has 228 valence electrons. The van der Waals surface area contributed by atoms with Crippen molar-refractivity contribution >= 4 is 35.2 Å². The summed E-state index contributed by atoms with van der Waals surface area (Å²) in [6, 6.07) is 14.8. The van der Waals surface area contributed by atoms with Crippen molar-refractivity contribution in [2.75, 3.05) is 31.8 Å². The number of allylic oxidation sites excluding steroid dienone is 1. The molecule has 8 nitrogen and oxygen atoms in total. The minimum atomic E-state index is -0.921. The number of rotatable bonds is 13. The fourth-order valence-electron chi connectivity index (χ4n) is 7.22.